The van der Waals surface area contributed by atoms with Crippen molar-refractivity contribution in [1.82, 2.24) is 4.90 Å². The lowest BCUT2D eigenvalue weighted by Crippen LogP contribution is -2.48. The van der Waals surface area contributed by atoms with Crippen molar-refractivity contribution in [3.8, 4) is 0 Å². The van der Waals surface area contributed by atoms with Crippen molar-refractivity contribution in [2.24, 2.45) is 11.7 Å². The van der Waals surface area contributed by atoms with Crippen LogP contribution in [0.2, 0.25) is 0 Å². The number of thioether (sulfide) groups is 1. The van der Waals surface area contributed by atoms with Gasteiger partial charge in [0.05, 0.1) is 6.04 Å². The fraction of sp³-hybridized carbons (Fsp3) is 0.917. The largest absolute Gasteiger partial charge is 0.339 e. The van der Waals surface area contributed by atoms with E-state index < -0.39 is 0 Å². The van der Waals surface area contributed by atoms with Crippen LogP contribution in [0.3, 0.4) is 0 Å². The number of hydrogen-bond acceptors (Lipinski definition) is 3. The van der Waals surface area contributed by atoms with E-state index in [-0.39, 0.29) is 18.0 Å². The third-order valence-electron chi connectivity index (χ3n) is 3.01. The molecule has 1 saturated carbocycles. The molecule has 1 amide bonds. The maximum atomic E-state index is 12.1. The second-order valence-electron chi connectivity index (χ2n) is 4.92. The zero-order chi connectivity index (χ0) is 12.1. The molecule has 4 heteroatoms. The number of amides is 1. The third kappa shape index (κ3) is 4.34. The second-order valence-corrected chi connectivity index (χ2v) is 5.90. The molecule has 1 aliphatic carbocycles. The molecule has 94 valence electrons. The van der Waals surface area contributed by atoms with E-state index >= 15 is 0 Å². The summed E-state index contributed by atoms with van der Waals surface area (Å²) in [6.07, 6.45) is 5.38. The van der Waals surface area contributed by atoms with Crippen LogP contribution in [0.1, 0.15) is 33.1 Å². The van der Waals surface area contributed by atoms with Crippen molar-refractivity contribution in [1.29, 1.82) is 0 Å². The number of nitrogens with zero attached hydrogens (tertiary/aromatic N) is 1. The fourth-order valence-corrected chi connectivity index (χ4v) is 2.20. The van der Waals surface area contributed by atoms with E-state index in [0.29, 0.717) is 0 Å². The summed E-state index contributed by atoms with van der Waals surface area (Å²) in [4.78, 5) is 14.1. The number of hydrogen-bond donors (Lipinski definition) is 1. The van der Waals surface area contributed by atoms with Crippen molar-refractivity contribution in [3.05, 3.63) is 0 Å². The van der Waals surface area contributed by atoms with Gasteiger partial charge in [-0.1, -0.05) is 0 Å². The number of carbonyl (C=O) groups excluding carboxylic acids is 1. The molecular formula is C12H24N2OS. The SMILES string of the molecule is CSCC[C@@H](N)C(=O)N(CC1CC1)C(C)C. The van der Waals surface area contributed by atoms with Gasteiger partial charge in [-0.15, -0.1) is 0 Å². The van der Waals surface area contributed by atoms with Gasteiger partial charge < -0.3 is 10.6 Å². The van der Waals surface area contributed by atoms with Gasteiger partial charge in [-0.2, -0.15) is 11.8 Å². The van der Waals surface area contributed by atoms with E-state index in [0.717, 1.165) is 24.6 Å². The van der Waals surface area contributed by atoms with Crippen LogP contribution >= 0.6 is 11.8 Å². The Hall–Kier alpha value is -0.220. The molecule has 0 spiro atoms. The quantitative estimate of drug-likeness (QED) is 0.741. The van der Waals surface area contributed by atoms with Crippen molar-refractivity contribution in [2.45, 2.75) is 45.2 Å². The predicted octanol–water partition coefficient (Wildman–Crippen LogP) is 1.71. The number of carbonyl (C=O) groups is 1. The highest BCUT2D eigenvalue weighted by Crippen LogP contribution is 2.30. The van der Waals surface area contributed by atoms with Gasteiger partial charge in [-0.25, -0.2) is 0 Å². The smallest absolute Gasteiger partial charge is 0.239 e. The van der Waals surface area contributed by atoms with Crippen LogP contribution in [0.5, 0.6) is 0 Å². The molecule has 1 aliphatic rings. The van der Waals surface area contributed by atoms with Crippen LogP contribution in [-0.2, 0) is 4.79 Å². The molecule has 0 unspecified atom stereocenters. The van der Waals surface area contributed by atoms with E-state index in [2.05, 4.69) is 13.8 Å². The Kier molecular flexibility index (Phi) is 5.62. The van der Waals surface area contributed by atoms with Crippen LogP contribution in [0.15, 0.2) is 0 Å². The first-order valence-corrected chi connectivity index (χ1v) is 7.50. The van der Waals surface area contributed by atoms with Crippen LogP contribution < -0.4 is 5.73 Å². The van der Waals surface area contributed by atoms with Crippen LogP contribution in [0, 0.1) is 5.92 Å². The topological polar surface area (TPSA) is 46.3 Å². The van der Waals surface area contributed by atoms with Gasteiger partial charge in [-0.3, -0.25) is 4.79 Å². The van der Waals surface area contributed by atoms with Gasteiger partial charge in [0.2, 0.25) is 5.91 Å². The molecule has 0 aromatic rings. The van der Waals surface area contributed by atoms with Gasteiger partial charge in [0.1, 0.15) is 0 Å². The standard InChI is InChI=1S/C12H24N2OS/c1-9(2)14(8-10-4-5-10)12(15)11(13)6-7-16-3/h9-11H,4-8,13H2,1-3H3/t11-/m1/s1. The zero-order valence-corrected chi connectivity index (χ0v) is 11.4. The molecule has 0 radical (unpaired) electrons. The third-order valence-corrected chi connectivity index (χ3v) is 3.65. The predicted molar refractivity (Wildman–Crippen MR) is 70.5 cm³/mol. The first-order chi connectivity index (χ1) is 7.56. The highest BCUT2D eigenvalue weighted by Gasteiger charge is 2.30. The molecule has 2 N–H and O–H groups in total. The van der Waals surface area contributed by atoms with Gasteiger partial charge in [-0.05, 0) is 51.0 Å². The van der Waals surface area contributed by atoms with Crippen LogP contribution in [-0.4, -0.2) is 41.4 Å². The molecular weight excluding hydrogens is 220 g/mol. The molecule has 1 fully saturated rings. The minimum atomic E-state index is -0.311. The summed E-state index contributed by atoms with van der Waals surface area (Å²) in [5.41, 5.74) is 5.93. The lowest BCUT2D eigenvalue weighted by molar-refractivity contribution is -0.134. The van der Waals surface area contributed by atoms with Crippen LogP contribution in [0.4, 0.5) is 0 Å². The van der Waals surface area contributed by atoms with Gasteiger partial charge >= 0.3 is 0 Å². The molecule has 3 nitrogen and oxygen atoms in total. The molecule has 0 aromatic carbocycles. The van der Waals surface area contributed by atoms with Crippen LogP contribution in [0.25, 0.3) is 0 Å². The summed E-state index contributed by atoms with van der Waals surface area (Å²) in [6, 6.07) is -0.0398. The Balaban J connectivity index is 2.44. The summed E-state index contributed by atoms with van der Waals surface area (Å²) < 4.78 is 0. The Morgan fingerprint density at radius 3 is 2.56 bits per heavy atom. The van der Waals surface area contributed by atoms with Crippen molar-refractivity contribution in [2.75, 3.05) is 18.6 Å². The van der Waals surface area contributed by atoms with Gasteiger partial charge in [0.25, 0.3) is 0 Å². The monoisotopic (exact) mass is 244 g/mol. The van der Waals surface area contributed by atoms with Crippen molar-refractivity contribution < 1.29 is 4.79 Å². The maximum Gasteiger partial charge on any atom is 0.239 e. The minimum absolute atomic E-state index is 0.135. The first kappa shape index (κ1) is 13.8. The molecule has 0 bridgehead atoms. The Morgan fingerprint density at radius 1 is 1.50 bits per heavy atom. The maximum absolute atomic E-state index is 12.1. The molecule has 16 heavy (non-hydrogen) atoms. The summed E-state index contributed by atoms with van der Waals surface area (Å²) in [7, 11) is 0. The average molecular weight is 244 g/mol. The van der Waals surface area contributed by atoms with Crippen molar-refractivity contribution >= 4 is 17.7 Å². The first-order valence-electron chi connectivity index (χ1n) is 6.11. The lowest BCUT2D eigenvalue weighted by atomic mass is 10.1. The van der Waals surface area contributed by atoms with Gasteiger partial charge in [0.15, 0.2) is 0 Å². The van der Waals surface area contributed by atoms with E-state index in [1.54, 1.807) is 11.8 Å². The van der Waals surface area contributed by atoms with E-state index in [1.807, 2.05) is 11.2 Å². The Morgan fingerprint density at radius 2 is 2.12 bits per heavy atom. The Bertz CT molecular complexity index is 229. The molecule has 0 aliphatic heterocycles. The summed E-state index contributed by atoms with van der Waals surface area (Å²) in [5.74, 6) is 1.83. The molecule has 0 aromatic heterocycles. The average Bonchev–Trinajstić information content (AvgIpc) is 3.04. The molecule has 1 rings (SSSR count). The highest BCUT2D eigenvalue weighted by atomic mass is 32.2. The fourth-order valence-electron chi connectivity index (χ4n) is 1.72. The number of nitrogens with two attached hydrogens (primary N) is 1. The second kappa shape index (κ2) is 6.50. The Labute approximate surface area is 103 Å². The summed E-state index contributed by atoms with van der Waals surface area (Å²) >= 11 is 1.74. The molecule has 0 heterocycles. The van der Waals surface area contributed by atoms with Crippen molar-refractivity contribution in [3.63, 3.8) is 0 Å². The van der Waals surface area contributed by atoms with E-state index in [4.69, 9.17) is 5.73 Å². The summed E-state index contributed by atoms with van der Waals surface area (Å²) in [6.45, 7) is 5.05. The molecule has 0 saturated heterocycles. The number of rotatable bonds is 7. The lowest BCUT2D eigenvalue weighted by Gasteiger charge is -2.29. The highest BCUT2D eigenvalue weighted by molar-refractivity contribution is 7.98. The minimum Gasteiger partial charge on any atom is -0.339 e. The summed E-state index contributed by atoms with van der Waals surface area (Å²) in [5, 5.41) is 0. The van der Waals surface area contributed by atoms with E-state index in [1.165, 1.54) is 12.8 Å². The zero-order valence-electron chi connectivity index (χ0n) is 10.6. The van der Waals surface area contributed by atoms with E-state index in [9.17, 15) is 4.79 Å². The van der Waals surface area contributed by atoms with Gasteiger partial charge in [0, 0.05) is 12.6 Å². The normalized spacial score (nSPS) is 17.6. The molecule has 1 atom stereocenters.